The zero-order chi connectivity index (χ0) is 23.6. The van der Waals surface area contributed by atoms with E-state index >= 15 is 0 Å². The Morgan fingerprint density at radius 2 is 1.32 bits per heavy atom. The van der Waals surface area contributed by atoms with Gasteiger partial charge in [0.25, 0.3) is 0 Å². The van der Waals surface area contributed by atoms with E-state index in [-0.39, 0.29) is 11.7 Å². The first-order valence-electron chi connectivity index (χ1n) is 10.7. The zero-order valence-corrected chi connectivity index (χ0v) is 19.4. The van der Waals surface area contributed by atoms with Crippen LogP contribution in [0.15, 0.2) is 90.1 Å². The van der Waals surface area contributed by atoms with Crippen LogP contribution in [0.1, 0.15) is 6.92 Å². The summed E-state index contributed by atoms with van der Waals surface area (Å²) in [6, 6.07) is 26.5. The SMILES string of the molecule is CCOc1ccc(NC(=O)CSc2nc(Nc3ccccc3)nc(Nc3ccccc3)n2)cc1. The first kappa shape index (κ1) is 23.1. The van der Waals surface area contributed by atoms with Crippen LogP contribution < -0.4 is 20.7 Å². The largest absolute Gasteiger partial charge is 0.494 e. The van der Waals surface area contributed by atoms with Crippen LogP contribution in [0, 0.1) is 0 Å². The molecule has 0 radical (unpaired) electrons. The molecule has 0 aliphatic heterocycles. The molecule has 0 saturated carbocycles. The molecule has 4 rings (SSSR count). The maximum Gasteiger partial charge on any atom is 0.234 e. The lowest BCUT2D eigenvalue weighted by Crippen LogP contribution is -2.14. The summed E-state index contributed by atoms with van der Waals surface area (Å²) >= 11 is 1.23. The van der Waals surface area contributed by atoms with E-state index in [2.05, 4.69) is 30.9 Å². The summed E-state index contributed by atoms with van der Waals surface area (Å²) < 4.78 is 5.43. The first-order chi connectivity index (χ1) is 16.7. The van der Waals surface area contributed by atoms with Gasteiger partial charge in [0, 0.05) is 17.1 Å². The van der Waals surface area contributed by atoms with E-state index < -0.39 is 0 Å². The second-order valence-corrected chi connectivity index (χ2v) is 7.98. The van der Waals surface area contributed by atoms with E-state index in [1.165, 1.54) is 11.8 Å². The molecule has 1 amide bonds. The van der Waals surface area contributed by atoms with Gasteiger partial charge in [-0.15, -0.1) is 0 Å². The highest BCUT2D eigenvalue weighted by atomic mass is 32.2. The van der Waals surface area contributed by atoms with Crippen molar-refractivity contribution < 1.29 is 9.53 Å². The Balaban J connectivity index is 1.45. The number of benzene rings is 3. The molecule has 1 aromatic heterocycles. The van der Waals surface area contributed by atoms with Crippen molar-refractivity contribution in [2.75, 3.05) is 28.3 Å². The van der Waals surface area contributed by atoms with Gasteiger partial charge in [-0.3, -0.25) is 4.79 Å². The number of rotatable bonds is 10. The average molecular weight is 473 g/mol. The second-order valence-electron chi connectivity index (χ2n) is 7.04. The minimum Gasteiger partial charge on any atom is -0.494 e. The fourth-order valence-electron chi connectivity index (χ4n) is 2.96. The Hall–Kier alpha value is -4.11. The van der Waals surface area contributed by atoms with Crippen LogP contribution in [-0.4, -0.2) is 33.2 Å². The van der Waals surface area contributed by atoms with Crippen LogP contribution in [0.3, 0.4) is 0 Å². The van der Waals surface area contributed by atoms with Crippen molar-refractivity contribution in [2.45, 2.75) is 12.1 Å². The quantitative estimate of drug-likeness (QED) is 0.261. The van der Waals surface area contributed by atoms with Crippen LogP contribution in [0.25, 0.3) is 0 Å². The molecule has 9 heteroatoms. The minimum absolute atomic E-state index is 0.146. The number of amides is 1. The van der Waals surface area contributed by atoms with Gasteiger partial charge in [0.15, 0.2) is 5.16 Å². The number of nitrogens with zero attached hydrogens (tertiary/aromatic N) is 3. The van der Waals surface area contributed by atoms with Crippen LogP contribution in [0.2, 0.25) is 0 Å². The molecule has 8 nitrogen and oxygen atoms in total. The predicted molar refractivity (Wildman–Crippen MR) is 136 cm³/mol. The van der Waals surface area contributed by atoms with Gasteiger partial charge in [0.05, 0.1) is 12.4 Å². The summed E-state index contributed by atoms with van der Waals surface area (Å²) in [5, 5.41) is 9.67. The smallest absolute Gasteiger partial charge is 0.234 e. The standard InChI is InChI=1S/C25H24N6O2S/c1-2-33-21-15-13-20(14-16-21)26-22(32)17-34-25-30-23(27-18-9-5-3-6-10-18)29-24(31-25)28-19-11-7-4-8-12-19/h3-16H,2,17H2,1H3,(H,26,32)(H2,27,28,29,30,31). The number of hydrogen-bond donors (Lipinski definition) is 3. The van der Waals surface area contributed by atoms with Crippen LogP contribution in [0.5, 0.6) is 5.75 Å². The molecule has 34 heavy (non-hydrogen) atoms. The van der Waals surface area contributed by atoms with Crippen molar-refractivity contribution in [2.24, 2.45) is 0 Å². The zero-order valence-electron chi connectivity index (χ0n) is 18.6. The van der Waals surface area contributed by atoms with Gasteiger partial charge < -0.3 is 20.7 Å². The summed E-state index contributed by atoms with van der Waals surface area (Å²) in [5.74, 6) is 1.51. The summed E-state index contributed by atoms with van der Waals surface area (Å²) in [6.45, 7) is 2.52. The van der Waals surface area contributed by atoms with E-state index in [1.54, 1.807) is 12.1 Å². The fourth-order valence-corrected chi connectivity index (χ4v) is 3.60. The van der Waals surface area contributed by atoms with E-state index in [1.807, 2.05) is 79.7 Å². The molecule has 0 bridgehead atoms. The van der Waals surface area contributed by atoms with E-state index in [0.29, 0.717) is 29.3 Å². The number of carbonyl (C=O) groups excluding carboxylic acids is 1. The number of carbonyl (C=O) groups is 1. The van der Waals surface area contributed by atoms with Crippen molar-refractivity contribution in [3.8, 4) is 5.75 Å². The molecule has 172 valence electrons. The third-order valence-electron chi connectivity index (χ3n) is 4.46. The highest BCUT2D eigenvalue weighted by molar-refractivity contribution is 7.99. The molecule has 0 aliphatic carbocycles. The molecule has 0 atom stereocenters. The van der Waals surface area contributed by atoms with Crippen molar-refractivity contribution >= 4 is 46.6 Å². The monoisotopic (exact) mass is 472 g/mol. The van der Waals surface area contributed by atoms with Gasteiger partial charge in [0.2, 0.25) is 17.8 Å². The average Bonchev–Trinajstić information content (AvgIpc) is 2.85. The normalized spacial score (nSPS) is 10.4. The molecule has 0 saturated heterocycles. The number of aromatic nitrogens is 3. The Kier molecular flexibility index (Phi) is 7.91. The third-order valence-corrected chi connectivity index (χ3v) is 5.30. The molecule has 3 N–H and O–H groups in total. The van der Waals surface area contributed by atoms with Crippen molar-refractivity contribution in [1.82, 2.24) is 15.0 Å². The maximum absolute atomic E-state index is 12.5. The number of para-hydroxylation sites is 2. The van der Waals surface area contributed by atoms with E-state index in [4.69, 9.17) is 4.74 Å². The molecule has 0 aliphatic rings. The highest BCUT2D eigenvalue weighted by Crippen LogP contribution is 2.22. The van der Waals surface area contributed by atoms with Crippen LogP contribution >= 0.6 is 11.8 Å². The van der Waals surface area contributed by atoms with Crippen LogP contribution in [-0.2, 0) is 4.79 Å². The molecule has 0 fully saturated rings. The molecule has 0 spiro atoms. The fraction of sp³-hybridized carbons (Fsp3) is 0.120. The van der Waals surface area contributed by atoms with E-state index in [0.717, 1.165) is 17.1 Å². The number of nitrogens with one attached hydrogen (secondary N) is 3. The first-order valence-corrected chi connectivity index (χ1v) is 11.7. The topological polar surface area (TPSA) is 101 Å². The summed E-state index contributed by atoms with van der Waals surface area (Å²) in [4.78, 5) is 25.9. The number of hydrogen-bond acceptors (Lipinski definition) is 8. The Morgan fingerprint density at radius 1 is 0.765 bits per heavy atom. The molecule has 3 aromatic carbocycles. The lowest BCUT2D eigenvalue weighted by atomic mass is 10.3. The third kappa shape index (κ3) is 6.94. The molecular formula is C25H24N6O2S. The maximum atomic E-state index is 12.5. The Morgan fingerprint density at radius 3 is 1.85 bits per heavy atom. The van der Waals surface area contributed by atoms with Gasteiger partial charge >= 0.3 is 0 Å². The molecule has 1 heterocycles. The van der Waals surface area contributed by atoms with E-state index in [9.17, 15) is 4.79 Å². The molecule has 4 aromatic rings. The lowest BCUT2D eigenvalue weighted by Gasteiger charge is -2.10. The van der Waals surface area contributed by atoms with Gasteiger partial charge in [-0.1, -0.05) is 48.2 Å². The van der Waals surface area contributed by atoms with Crippen LogP contribution in [0.4, 0.5) is 29.0 Å². The number of ether oxygens (including phenoxy) is 1. The Labute approximate surface area is 202 Å². The van der Waals surface area contributed by atoms with Crippen molar-refractivity contribution in [1.29, 1.82) is 0 Å². The highest BCUT2D eigenvalue weighted by Gasteiger charge is 2.11. The van der Waals surface area contributed by atoms with Gasteiger partial charge in [-0.2, -0.15) is 15.0 Å². The van der Waals surface area contributed by atoms with Gasteiger partial charge in [0.1, 0.15) is 5.75 Å². The number of thioether (sulfide) groups is 1. The molecule has 0 unspecified atom stereocenters. The summed E-state index contributed by atoms with van der Waals surface area (Å²) in [7, 11) is 0. The number of anilines is 5. The second kappa shape index (κ2) is 11.7. The predicted octanol–water partition coefficient (Wildman–Crippen LogP) is 5.49. The van der Waals surface area contributed by atoms with Gasteiger partial charge in [-0.25, -0.2) is 0 Å². The summed E-state index contributed by atoms with van der Waals surface area (Å²) in [6.07, 6.45) is 0. The molecular weight excluding hydrogens is 448 g/mol. The minimum atomic E-state index is -0.162. The van der Waals surface area contributed by atoms with Crippen molar-refractivity contribution in [3.05, 3.63) is 84.9 Å². The lowest BCUT2D eigenvalue weighted by molar-refractivity contribution is -0.113. The van der Waals surface area contributed by atoms with Crippen molar-refractivity contribution in [3.63, 3.8) is 0 Å². The Bertz CT molecular complexity index is 1150. The summed E-state index contributed by atoms with van der Waals surface area (Å²) in [5.41, 5.74) is 2.40. The van der Waals surface area contributed by atoms with Gasteiger partial charge in [-0.05, 0) is 55.5 Å².